The number of aromatic amines is 1. The zero-order chi connectivity index (χ0) is 21.7. The molecule has 1 saturated heterocycles. The summed E-state index contributed by atoms with van der Waals surface area (Å²) in [4.78, 5) is 42.6. The summed E-state index contributed by atoms with van der Waals surface area (Å²) in [6.45, 7) is 4.36. The van der Waals surface area contributed by atoms with E-state index in [4.69, 9.17) is 11.6 Å². The van der Waals surface area contributed by atoms with Gasteiger partial charge in [-0.1, -0.05) is 48.9 Å². The molecule has 31 heavy (non-hydrogen) atoms. The second-order valence-electron chi connectivity index (χ2n) is 9.40. The van der Waals surface area contributed by atoms with Crippen LogP contribution >= 0.6 is 34.7 Å². The Bertz CT molecular complexity index is 1200. The van der Waals surface area contributed by atoms with Crippen LogP contribution in [0, 0.1) is 29.6 Å². The summed E-state index contributed by atoms with van der Waals surface area (Å²) in [7, 11) is 0. The third-order valence-corrected chi connectivity index (χ3v) is 10.6. The minimum Gasteiger partial charge on any atom is -0.307 e. The van der Waals surface area contributed by atoms with Crippen LogP contribution < -0.4 is 4.87 Å². The molecule has 1 N–H and O–H groups in total. The molecule has 2 amide bonds. The van der Waals surface area contributed by atoms with Gasteiger partial charge in [0.2, 0.25) is 0 Å². The molecule has 0 spiro atoms. The first-order valence-corrected chi connectivity index (χ1v) is 12.4. The average Bonchev–Trinajstić information content (AvgIpc) is 3.44. The van der Waals surface area contributed by atoms with Crippen LogP contribution in [0.4, 0.5) is 0 Å². The number of hydrogen-bond acceptors (Lipinski definition) is 6. The van der Waals surface area contributed by atoms with Crippen molar-refractivity contribution in [3.63, 3.8) is 0 Å². The lowest BCUT2D eigenvalue weighted by molar-refractivity contribution is -0.140. The zero-order valence-corrected chi connectivity index (χ0v) is 19.3. The molecule has 2 bridgehead atoms. The fraction of sp³-hybridized carbons (Fsp3) is 0.455. The van der Waals surface area contributed by atoms with Gasteiger partial charge in [0.15, 0.2) is 0 Å². The van der Waals surface area contributed by atoms with Crippen molar-refractivity contribution in [2.75, 3.05) is 0 Å². The second kappa shape index (κ2) is 6.56. The quantitative estimate of drug-likeness (QED) is 0.532. The predicted molar refractivity (Wildman–Crippen MR) is 121 cm³/mol. The van der Waals surface area contributed by atoms with Crippen LogP contribution in [0.1, 0.15) is 30.7 Å². The Labute approximate surface area is 192 Å². The fourth-order valence-corrected chi connectivity index (χ4v) is 9.70. The number of carbonyl (C=O) groups excluding carboxylic acids is 2. The monoisotopic (exact) mass is 473 g/mol. The Morgan fingerprint density at radius 1 is 1.13 bits per heavy atom. The summed E-state index contributed by atoms with van der Waals surface area (Å²) >= 11 is 8.90. The second-order valence-corrected chi connectivity index (χ2v) is 12.0. The highest BCUT2D eigenvalue weighted by molar-refractivity contribution is 8.00. The van der Waals surface area contributed by atoms with E-state index >= 15 is 0 Å². The van der Waals surface area contributed by atoms with Crippen LogP contribution in [0.5, 0.6) is 0 Å². The summed E-state index contributed by atoms with van der Waals surface area (Å²) in [5.74, 6) is -0.448. The highest BCUT2D eigenvalue weighted by Gasteiger charge is 2.71. The number of halogens is 1. The lowest BCUT2D eigenvalue weighted by atomic mass is 9.64. The van der Waals surface area contributed by atoms with Crippen LogP contribution in [0.25, 0.3) is 0 Å². The van der Waals surface area contributed by atoms with Crippen LogP contribution in [-0.4, -0.2) is 33.3 Å². The van der Waals surface area contributed by atoms with Crippen LogP contribution in [-0.2, 0) is 15.0 Å². The Hall–Kier alpha value is -1.90. The molecule has 9 heteroatoms. The number of amides is 2. The van der Waals surface area contributed by atoms with E-state index in [1.165, 1.54) is 11.3 Å². The maximum Gasteiger partial charge on any atom is 0.305 e. The van der Waals surface area contributed by atoms with Gasteiger partial charge in [-0.2, -0.15) is 10.1 Å². The van der Waals surface area contributed by atoms with E-state index in [2.05, 4.69) is 23.9 Å². The van der Waals surface area contributed by atoms with Crippen molar-refractivity contribution in [1.29, 1.82) is 0 Å². The number of carbonyl (C=O) groups is 2. The predicted octanol–water partition coefficient (Wildman–Crippen LogP) is 3.74. The van der Waals surface area contributed by atoms with Gasteiger partial charge in [-0.15, -0.1) is 11.8 Å². The van der Waals surface area contributed by atoms with Gasteiger partial charge in [-0.3, -0.25) is 14.4 Å². The van der Waals surface area contributed by atoms with Crippen molar-refractivity contribution in [2.45, 2.75) is 36.0 Å². The van der Waals surface area contributed by atoms with E-state index in [1.807, 2.05) is 0 Å². The number of imide groups is 1. The van der Waals surface area contributed by atoms with Crippen molar-refractivity contribution >= 4 is 52.7 Å². The van der Waals surface area contributed by atoms with Gasteiger partial charge in [0.25, 0.3) is 11.8 Å². The largest absolute Gasteiger partial charge is 0.307 e. The van der Waals surface area contributed by atoms with E-state index < -0.39 is 0 Å². The van der Waals surface area contributed by atoms with Crippen LogP contribution in [0.3, 0.4) is 0 Å². The minimum absolute atomic E-state index is 0.0343. The third-order valence-electron chi connectivity index (χ3n) is 7.56. The maximum atomic E-state index is 13.3. The summed E-state index contributed by atoms with van der Waals surface area (Å²) in [5.41, 5.74) is 0.576. The molecule has 1 aromatic carbocycles. The van der Waals surface area contributed by atoms with Gasteiger partial charge in [0.05, 0.1) is 23.1 Å². The number of aromatic nitrogens is 1. The van der Waals surface area contributed by atoms with Gasteiger partial charge in [-0.25, -0.2) is 0 Å². The highest BCUT2D eigenvalue weighted by atomic mass is 35.5. The molecule has 0 radical (unpaired) electrons. The van der Waals surface area contributed by atoms with Crippen molar-refractivity contribution in [2.24, 2.45) is 34.7 Å². The molecule has 6 rings (SSSR count). The molecule has 6 atom stereocenters. The number of nitrogens with one attached hydrogen (secondary N) is 1. The SMILES string of the molecule is CC1(C)c2sc(=O)[nH]c2SC2C1[C@@H]1C[C@@H]2C2C(=O)N(/N=C/c3ccc(Cl)cc3)C(=O)C21. The molecule has 4 aliphatic rings. The molecular weight excluding hydrogens is 454 g/mol. The number of hydrazone groups is 1. The first-order chi connectivity index (χ1) is 14.8. The van der Waals surface area contributed by atoms with E-state index in [0.29, 0.717) is 5.02 Å². The van der Waals surface area contributed by atoms with Crippen LogP contribution in [0.15, 0.2) is 39.2 Å². The lowest BCUT2D eigenvalue weighted by Crippen LogP contribution is -2.48. The maximum absolute atomic E-state index is 13.3. The first-order valence-electron chi connectivity index (χ1n) is 10.3. The molecule has 3 heterocycles. The van der Waals surface area contributed by atoms with Crippen molar-refractivity contribution < 1.29 is 9.59 Å². The Kier molecular flexibility index (Phi) is 4.18. The van der Waals surface area contributed by atoms with Gasteiger partial charge in [0, 0.05) is 20.6 Å². The fourth-order valence-electron chi connectivity index (χ4n) is 6.43. The highest BCUT2D eigenvalue weighted by Crippen LogP contribution is 2.68. The van der Waals surface area contributed by atoms with Crippen molar-refractivity contribution in [3.05, 3.63) is 49.4 Å². The van der Waals surface area contributed by atoms with Gasteiger partial charge in [-0.05, 0) is 41.9 Å². The standard InChI is InChI=1S/C22H20ClN3O3S2/c1-22(2)15-11-7-12(16(15)30-18-17(22)31-21(29)25-18)14-13(11)19(27)26(20(14)28)24-8-9-3-5-10(23)6-4-9/h3-6,8,11-16H,7H2,1-2H3,(H,25,29)/b24-8+/t11-,12-,13?,14?,15?,16?/m1/s1. The third kappa shape index (κ3) is 2.64. The Morgan fingerprint density at radius 2 is 1.81 bits per heavy atom. The summed E-state index contributed by atoms with van der Waals surface area (Å²) < 4.78 is 0. The zero-order valence-electron chi connectivity index (χ0n) is 16.9. The minimum atomic E-state index is -0.309. The first kappa shape index (κ1) is 19.8. The van der Waals surface area contributed by atoms with E-state index in [-0.39, 0.29) is 56.9 Å². The van der Waals surface area contributed by atoms with Crippen molar-refractivity contribution in [1.82, 2.24) is 9.99 Å². The summed E-state index contributed by atoms with van der Waals surface area (Å²) in [6, 6.07) is 7.10. The number of H-pyrrole nitrogens is 1. The Morgan fingerprint density at radius 3 is 2.52 bits per heavy atom. The topological polar surface area (TPSA) is 82.6 Å². The van der Waals surface area contributed by atoms with Gasteiger partial charge in [0.1, 0.15) is 0 Å². The van der Waals surface area contributed by atoms with Crippen LogP contribution in [0.2, 0.25) is 5.02 Å². The number of rotatable bonds is 2. The number of hydrogen-bond donors (Lipinski definition) is 1. The molecule has 2 aliphatic carbocycles. The summed E-state index contributed by atoms with van der Waals surface area (Å²) in [5, 5.41) is 7.16. The normalized spacial score (nSPS) is 35.0. The molecule has 3 fully saturated rings. The molecule has 2 aromatic rings. The molecule has 160 valence electrons. The molecule has 6 nitrogen and oxygen atoms in total. The Balaban J connectivity index is 1.33. The van der Waals surface area contributed by atoms with E-state index in [1.54, 1.807) is 42.2 Å². The molecule has 2 saturated carbocycles. The average molecular weight is 474 g/mol. The molecular formula is C22H20ClN3O3S2. The number of fused-ring (bicyclic) bond motifs is 9. The smallest absolute Gasteiger partial charge is 0.305 e. The van der Waals surface area contributed by atoms with Gasteiger partial charge < -0.3 is 4.98 Å². The number of thiazole rings is 1. The number of thioether (sulfide) groups is 1. The van der Waals surface area contributed by atoms with Gasteiger partial charge >= 0.3 is 4.87 Å². The van der Waals surface area contributed by atoms with E-state index in [9.17, 15) is 14.4 Å². The van der Waals surface area contributed by atoms with E-state index in [0.717, 1.165) is 26.9 Å². The van der Waals surface area contributed by atoms with Crippen molar-refractivity contribution in [3.8, 4) is 0 Å². The molecule has 2 aliphatic heterocycles. The number of benzene rings is 1. The lowest BCUT2D eigenvalue weighted by Gasteiger charge is -2.47. The number of nitrogens with zero attached hydrogens (tertiary/aromatic N) is 2. The summed E-state index contributed by atoms with van der Waals surface area (Å²) in [6.07, 6.45) is 2.44. The molecule has 1 aromatic heterocycles. The molecule has 4 unspecified atom stereocenters.